The second kappa shape index (κ2) is 49.2. The van der Waals surface area contributed by atoms with Crippen molar-refractivity contribution in [2.75, 3.05) is 49.4 Å². The molecule has 0 saturated heterocycles. The molecule has 0 aromatic heterocycles. The first-order valence-corrected chi connectivity index (χ1v) is 19.6. The molecule has 0 rings (SSSR count). The van der Waals surface area contributed by atoms with Gasteiger partial charge in [-0.2, -0.15) is 50.5 Å². The molecule has 0 aliphatic heterocycles. The van der Waals surface area contributed by atoms with Crippen molar-refractivity contribution in [3.8, 4) is 0 Å². The molecule has 0 aliphatic carbocycles. The number of aliphatic hydroxyl groups excluding tert-OH is 4. The molecule has 8 N–H and O–H groups in total. The molecular weight excluding hydrogens is 717 g/mol. The SMILES string of the molecule is O=C(O)CCCCCCS.O=C(O)CCCCCCS.O=C(O)CCCCCCS.O=C(O)CCCCCCS.OCC(CO)(CO)CO. The van der Waals surface area contributed by atoms with E-state index in [-0.39, 0.29) is 0 Å². The van der Waals surface area contributed by atoms with Crippen molar-refractivity contribution in [3.63, 3.8) is 0 Å². The molecule has 16 heteroatoms. The fraction of sp³-hybridized carbons (Fsp3) is 0.879. The van der Waals surface area contributed by atoms with Crippen molar-refractivity contribution < 1.29 is 60.0 Å². The highest BCUT2D eigenvalue weighted by molar-refractivity contribution is 7.80. The maximum Gasteiger partial charge on any atom is 0.303 e. The van der Waals surface area contributed by atoms with Gasteiger partial charge in [0.15, 0.2) is 0 Å². The molecule has 0 bridgehead atoms. The maximum absolute atomic E-state index is 10.0. The summed E-state index contributed by atoms with van der Waals surface area (Å²) in [6.07, 6.45) is 17.4. The van der Waals surface area contributed by atoms with Crippen LogP contribution in [-0.4, -0.2) is 114 Å². The Morgan fingerprint density at radius 3 is 0.592 bits per heavy atom. The van der Waals surface area contributed by atoms with E-state index in [0.29, 0.717) is 25.7 Å². The number of thiol groups is 4. The smallest absolute Gasteiger partial charge is 0.303 e. The van der Waals surface area contributed by atoms with Crippen LogP contribution in [0.15, 0.2) is 0 Å². The average molecular weight is 785 g/mol. The fourth-order valence-corrected chi connectivity index (χ4v) is 4.16. The molecule has 49 heavy (non-hydrogen) atoms. The first-order chi connectivity index (χ1) is 23.3. The summed E-state index contributed by atoms with van der Waals surface area (Å²) in [4.78, 5) is 40.1. The van der Waals surface area contributed by atoms with Crippen LogP contribution in [0, 0.1) is 5.41 Å². The Morgan fingerprint density at radius 1 is 0.327 bits per heavy atom. The zero-order valence-corrected chi connectivity index (χ0v) is 32.9. The molecule has 0 spiro atoms. The highest BCUT2D eigenvalue weighted by atomic mass is 32.1. The van der Waals surface area contributed by atoms with Crippen LogP contribution in [0.5, 0.6) is 0 Å². The Balaban J connectivity index is -0.000000165. The molecule has 0 heterocycles. The van der Waals surface area contributed by atoms with Crippen LogP contribution in [0.25, 0.3) is 0 Å². The summed E-state index contributed by atoms with van der Waals surface area (Å²) >= 11 is 16.2. The number of carbonyl (C=O) groups is 4. The monoisotopic (exact) mass is 784 g/mol. The molecule has 12 nitrogen and oxygen atoms in total. The highest BCUT2D eigenvalue weighted by Crippen LogP contribution is 2.12. The van der Waals surface area contributed by atoms with Crippen LogP contribution in [0.1, 0.15) is 128 Å². The summed E-state index contributed by atoms with van der Waals surface area (Å²) in [6, 6.07) is 0. The van der Waals surface area contributed by atoms with Crippen molar-refractivity contribution in [2.24, 2.45) is 5.41 Å². The lowest BCUT2D eigenvalue weighted by Crippen LogP contribution is -2.37. The number of aliphatic carboxylic acids is 4. The normalized spacial score (nSPS) is 10.1. The van der Waals surface area contributed by atoms with E-state index in [1.807, 2.05) is 0 Å². The summed E-state index contributed by atoms with van der Waals surface area (Å²) in [7, 11) is 0. The van der Waals surface area contributed by atoms with E-state index < -0.39 is 55.7 Å². The lowest BCUT2D eigenvalue weighted by molar-refractivity contribution is -0.138. The first kappa shape index (κ1) is 57.5. The molecule has 296 valence electrons. The minimum atomic E-state index is -1.11. The Morgan fingerprint density at radius 2 is 0.490 bits per heavy atom. The van der Waals surface area contributed by atoms with E-state index in [0.717, 1.165) is 126 Å². The molecule has 0 fully saturated rings. The Labute approximate surface area is 316 Å². The minimum Gasteiger partial charge on any atom is -0.481 e. The summed E-state index contributed by atoms with van der Waals surface area (Å²) < 4.78 is 0. The molecule has 0 atom stereocenters. The summed E-state index contributed by atoms with van der Waals surface area (Å²) in [5.74, 6) is 0.883. The van der Waals surface area contributed by atoms with E-state index in [4.69, 9.17) is 40.9 Å². The number of aliphatic hydroxyl groups is 4. The molecule has 0 saturated carbocycles. The van der Waals surface area contributed by atoms with Crippen LogP contribution in [0.4, 0.5) is 0 Å². The van der Waals surface area contributed by atoms with Crippen molar-refractivity contribution in [1.29, 1.82) is 0 Å². The second-order valence-electron chi connectivity index (χ2n) is 11.3. The Bertz CT molecular complexity index is 602. The van der Waals surface area contributed by atoms with E-state index in [1.165, 1.54) is 0 Å². The van der Waals surface area contributed by atoms with Gasteiger partial charge in [0.1, 0.15) is 0 Å². The topological polar surface area (TPSA) is 230 Å². The second-order valence-corrected chi connectivity index (χ2v) is 13.0. The Kier molecular flexibility index (Phi) is 57.7. The lowest BCUT2D eigenvalue weighted by atomic mass is 9.93. The van der Waals surface area contributed by atoms with Gasteiger partial charge in [-0.1, -0.05) is 51.4 Å². The van der Waals surface area contributed by atoms with Crippen LogP contribution >= 0.6 is 50.5 Å². The van der Waals surface area contributed by atoms with Crippen LogP contribution in [-0.2, 0) is 19.2 Å². The number of carboxylic acid groups (broad SMARTS) is 4. The molecule has 0 amide bonds. The third-order valence-electron chi connectivity index (χ3n) is 6.54. The standard InChI is InChI=1S/4C7H14O2S.C5H12O4/c4*8-7(9)5-3-1-2-4-6-10;6-1-5(2-7,3-8)4-9/h4*10H,1-6H2,(H,8,9);6-9H,1-4H2. The van der Waals surface area contributed by atoms with Gasteiger partial charge in [-0.25, -0.2) is 0 Å². The molecule has 0 unspecified atom stereocenters. The number of hydrogen-bond donors (Lipinski definition) is 12. The highest BCUT2D eigenvalue weighted by Gasteiger charge is 2.26. The number of carboxylic acids is 4. The van der Waals surface area contributed by atoms with E-state index in [2.05, 4.69) is 50.5 Å². The fourth-order valence-electron chi connectivity index (χ4n) is 3.27. The first-order valence-electron chi connectivity index (χ1n) is 17.1. The van der Waals surface area contributed by atoms with E-state index in [9.17, 15) is 19.2 Å². The van der Waals surface area contributed by atoms with Crippen LogP contribution in [0.3, 0.4) is 0 Å². The number of unbranched alkanes of at least 4 members (excludes halogenated alkanes) is 12. The van der Waals surface area contributed by atoms with Gasteiger partial charge in [-0.15, -0.1) is 0 Å². The van der Waals surface area contributed by atoms with Gasteiger partial charge < -0.3 is 40.9 Å². The predicted molar refractivity (Wildman–Crippen MR) is 209 cm³/mol. The van der Waals surface area contributed by atoms with Gasteiger partial charge in [-0.05, 0) is 74.4 Å². The van der Waals surface area contributed by atoms with Gasteiger partial charge in [0.05, 0.1) is 31.8 Å². The van der Waals surface area contributed by atoms with Crippen molar-refractivity contribution in [1.82, 2.24) is 0 Å². The van der Waals surface area contributed by atoms with Crippen molar-refractivity contribution in [3.05, 3.63) is 0 Å². The quantitative estimate of drug-likeness (QED) is 0.0336. The number of rotatable bonds is 28. The van der Waals surface area contributed by atoms with Crippen LogP contribution in [0.2, 0.25) is 0 Å². The van der Waals surface area contributed by atoms with Gasteiger partial charge >= 0.3 is 23.9 Å². The minimum absolute atomic E-state index is 0.312. The molecule has 0 aliphatic rings. The molecule has 0 aromatic rings. The van der Waals surface area contributed by atoms with Crippen molar-refractivity contribution >= 4 is 74.4 Å². The molecular formula is C33H68O12S4. The van der Waals surface area contributed by atoms with Gasteiger partial charge in [0.25, 0.3) is 0 Å². The summed E-state index contributed by atoms with van der Waals surface area (Å²) in [5, 5.41) is 67.0. The zero-order valence-electron chi connectivity index (χ0n) is 29.3. The summed E-state index contributed by atoms with van der Waals surface area (Å²) in [5.41, 5.74) is -1.11. The lowest BCUT2D eigenvalue weighted by Gasteiger charge is -2.23. The number of hydrogen-bond acceptors (Lipinski definition) is 12. The van der Waals surface area contributed by atoms with Gasteiger partial charge in [0, 0.05) is 25.7 Å². The summed E-state index contributed by atoms with van der Waals surface area (Å²) in [6.45, 7) is -1.62. The average Bonchev–Trinajstić information content (AvgIpc) is 3.06. The molecule has 0 aromatic carbocycles. The zero-order chi connectivity index (χ0) is 38.6. The maximum atomic E-state index is 10.0. The largest absolute Gasteiger partial charge is 0.481 e. The van der Waals surface area contributed by atoms with E-state index in [1.54, 1.807) is 0 Å². The third-order valence-corrected chi connectivity index (χ3v) is 7.80. The van der Waals surface area contributed by atoms with Crippen LogP contribution < -0.4 is 0 Å². The predicted octanol–water partition coefficient (Wildman–Crippen LogP) is 5.75. The Hall–Kier alpha value is -0.880. The van der Waals surface area contributed by atoms with Gasteiger partial charge in [-0.3, -0.25) is 19.2 Å². The van der Waals surface area contributed by atoms with Gasteiger partial charge in [0.2, 0.25) is 0 Å². The van der Waals surface area contributed by atoms with E-state index >= 15 is 0 Å². The van der Waals surface area contributed by atoms with Crippen molar-refractivity contribution in [2.45, 2.75) is 128 Å². The third kappa shape index (κ3) is 62.7. The molecule has 0 radical (unpaired) electrons.